The van der Waals surface area contributed by atoms with Crippen molar-refractivity contribution in [3.63, 3.8) is 0 Å². The molecule has 0 aliphatic rings. The van der Waals surface area contributed by atoms with Crippen LogP contribution in [0.4, 0.5) is 5.69 Å². The van der Waals surface area contributed by atoms with Gasteiger partial charge in [0.05, 0.1) is 11.3 Å². The number of hydrogen-bond acceptors (Lipinski definition) is 7. The van der Waals surface area contributed by atoms with Crippen LogP contribution in [0.5, 0.6) is 0 Å². The standard InChI is InChI=1S/C19H16N4O3S/c1-11-20-18(26-23-11)10-27-17-6-4-3-5-14(17)19(24)22-13-7-8-16-15(9-13)21-12(2)25-16/h3-9H,10H2,1-2H3,(H,22,24). The van der Waals surface area contributed by atoms with Crippen molar-refractivity contribution in [2.75, 3.05) is 5.32 Å². The highest BCUT2D eigenvalue weighted by Gasteiger charge is 2.14. The Kier molecular flexibility index (Phi) is 4.64. The molecular formula is C19H16N4O3S. The third-order valence-electron chi connectivity index (χ3n) is 3.80. The fourth-order valence-corrected chi connectivity index (χ4v) is 3.52. The number of aryl methyl sites for hydroxylation is 2. The normalized spacial score (nSPS) is 11.0. The smallest absolute Gasteiger partial charge is 0.256 e. The number of aromatic nitrogens is 3. The molecule has 0 bridgehead atoms. The van der Waals surface area contributed by atoms with Gasteiger partial charge in [-0.1, -0.05) is 17.3 Å². The number of rotatable bonds is 5. The molecule has 7 nitrogen and oxygen atoms in total. The van der Waals surface area contributed by atoms with Crippen molar-refractivity contribution < 1.29 is 13.7 Å². The summed E-state index contributed by atoms with van der Waals surface area (Å²) in [4.78, 5) is 22.1. The van der Waals surface area contributed by atoms with Crippen LogP contribution in [0.25, 0.3) is 11.1 Å². The van der Waals surface area contributed by atoms with E-state index in [4.69, 9.17) is 8.94 Å². The second-order valence-corrected chi connectivity index (χ2v) is 6.91. The summed E-state index contributed by atoms with van der Waals surface area (Å²) < 4.78 is 10.6. The summed E-state index contributed by atoms with van der Waals surface area (Å²) in [6.45, 7) is 3.56. The van der Waals surface area contributed by atoms with Crippen LogP contribution in [0.2, 0.25) is 0 Å². The van der Waals surface area contributed by atoms with Crippen LogP contribution < -0.4 is 5.32 Å². The van der Waals surface area contributed by atoms with E-state index in [2.05, 4.69) is 20.4 Å². The Bertz CT molecular complexity index is 1120. The number of nitrogens with zero attached hydrogens (tertiary/aromatic N) is 3. The molecule has 1 amide bonds. The number of oxazole rings is 1. The van der Waals surface area contributed by atoms with E-state index < -0.39 is 0 Å². The minimum atomic E-state index is -0.195. The number of anilines is 1. The largest absolute Gasteiger partial charge is 0.441 e. The lowest BCUT2D eigenvalue weighted by Gasteiger charge is -2.09. The van der Waals surface area contributed by atoms with Gasteiger partial charge >= 0.3 is 0 Å². The Balaban J connectivity index is 1.52. The first kappa shape index (κ1) is 17.3. The van der Waals surface area contributed by atoms with Crippen LogP contribution in [0.1, 0.15) is 28.0 Å². The van der Waals surface area contributed by atoms with Gasteiger partial charge in [0.15, 0.2) is 17.3 Å². The zero-order chi connectivity index (χ0) is 18.8. The second-order valence-electron chi connectivity index (χ2n) is 5.89. The molecule has 0 spiro atoms. The number of carbonyl (C=O) groups excluding carboxylic acids is 1. The van der Waals surface area contributed by atoms with Crippen molar-refractivity contribution in [2.45, 2.75) is 24.5 Å². The maximum atomic E-state index is 12.8. The van der Waals surface area contributed by atoms with Crippen molar-refractivity contribution in [3.8, 4) is 0 Å². The zero-order valence-electron chi connectivity index (χ0n) is 14.7. The Morgan fingerprint density at radius 3 is 2.81 bits per heavy atom. The lowest BCUT2D eigenvalue weighted by atomic mass is 10.2. The summed E-state index contributed by atoms with van der Waals surface area (Å²) >= 11 is 1.47. The van der Waals surface area contributed by atoms with Gasteiger partial charge in [0.1, 0.15) is 5.52 Å². The fraction of sp³-hybridized carbons (Fsp3) is 0.158. The maximum Gasteiger partial charge on any atom is 0.256 e. The molecule has 2 aromatic carbocycles. The average Bonchev–Trinajstić information content (AvgIpc) is 3.24. The van der Waals surface area contributed by atoms with Crippen LogP contribution in [0.15, 0.2) is 56.3 Å². The summed E-state index contributed by atoms with van der Waals surface area (Å²) in [5.74, 6) is 2.01. The van der Waals surface area contributed by atoms with Gasteiger partial charge in [-0.3, -0.25) is 4.79 Å². The number of amides is 1. The van der Waals surface area contributed by atoms with E-state index in [1.807, 2.05) is 18.2 Å². The van der Waals surface area contributed by atoms with Crippen LogP contribution in [-0.4, -0.2) is 21.0 Å². The Labute approximate surface area is 159 Å². The molecule has 136 valence electrons. The monoisotopic (exact) mass is 380 g/mol. The SMILES string of the molecule is Cc1noc(CSc2ccccc2C(=O)Nc2ccc3oc(C)nc3c2)n1. The molecule has 0 aliphatic heterocycles. The van der Waals surface area contributed by atoms with Crippen molar-refractivity contribution in [1.29, 1.82) is 0 Å². The predicted molar refractivity (Wildman–Crippen MR) is 102 cm³/mol. The molecule has 1 N–H and O–H groups in total. The van der Waals surface area contributed by atoms with E-state index >= 15 is 0 Å². The lowest BCUT2D eigenvalue weighted by molar-refractivity contribution is 0.102. The van der Waals surface area contributed by atoms with Crippen LogP contribution in [0, 0.1) is 13.8 Å². The maximum absolute atomic E-state index is 12.8. The van der Waals surface area contributed by atoms with E-state index in [1.54, 1.807) is 38.1 Å². The number of nitrogens with one attached hydrogen (secondary N) is 1. The number of hydrogen-bond donors (Lipinski definition) is 1. The van der Waals surface area contributed by atoms with Gasteiger partial charge in [0.25, 0.3) is 5.91 Å². The molecule has 0 saturated heterocycles. The molecule has 8 heteroatoms. The zero-order valence-corrected chi connectivity index (χ0v) is 15.5. The minimum absolute atomic E-state index is 0.195. The first-order valence-corrected chi connectivity index (χ1v) is 9.26. The number of benzene rings is 2. The van der Waals surface area contributed by atoms with Gasteiger partial charge < -0.3 is 14.3 Å². The first-order chi connectivity index (χ1) is 13.1. The molecule has 0 saturated carbocycles. The molecule has 0 unspecified atom stereocenters. The van der Waals surface area contributed by atoms with E-state index in [0.717, 1.165) is 4.90 Å². The Morgan fingerprint density at radius 1 is 1.15 bits per heavy atom. The third-order valence-corrected chi connectivity index (χ3v) is 4.86. The van der Waals surface area contributed by atoms with Gasteiger partial charge in [-0.2, -0.15) is 4.98 Å². The van der Waals surface area contributed by atoms with Gasteiger partial charge in [-0.15, -0.1) is 11.8 Å². The van der Waals surface area contributed by atoms with Gasteiger partial charge in [-0.05, 0) is 37.3 Å². The molecular weight excluding hydrogens is 364 g/mol. The highest BCUT2D eigenvalue weighted by Crippen LogP contribution is 2.27. The lowest BCUT2D eigenvalue weighted by Crippen LogP contribution is -2.12. The number of carbonyl (C=O) groups is 1. The first-order valence-electron chi connectivity index (χ1n) is 8.28. The van der Waals surface area contributed by atoms with E-state index in [9.17, 15) is 4.79 Å². The summed E-state index contributed by atoms with van der Waals surface area (Å²) in [6, 6.07) is 12.8. The highest BCUT2D eigenvalue weighted by molar-refractivity contribution is 7.98. The second kappa shape index (κ2) is 7.24. The molecule has 0 atom stereocenters. The van der Waals surface area contributed by atoms with Gasteiger partial charge in [0.2, 0.25) is 5.89 Å². The quantitative estimate of drug-likeness (QED) is 0.514. The average molecular weight is 380 g/mol. The van der Waals surface area contributed by atoms with E-state index in [1.165, 1.54) is 11.8 Å². The molecule has 4 aromatic rings. The Hall–Kier alpha value is -3.13. The van der Waals surface area contributed by atoms with E-state index in [0.29, 0.717) is 45.7 Å². The summed E-state index contributed by atoms with van der Waals surface area (Å²) in [7, 11) is 0. The molecule has 27 heavy (non-hydrogen) atoms. The summed E-state index contributed by atoms with van der Waals surface area (Å²) in [5.41, 5.74) is 2.64. The van der Waals surface area contributed by atoms with Gasteiger partial charge in [0, 0.05) is 17.5 Å². The number of fused-ring (bicyclic) bond motifs is 1. The van der Waals surface area contributed by atoms with Crippen molar-refractivity contribution >= 4 is 34.5 Å². The van der Waals surface area contributed by atoms with Crippen molar-refractivity contribution in [1.82, 2.24) is 15.1 Å². The van der Waals surface area contributed by atoms with Crippen LogP contribution >= 0.6 is 11.8 Å². The molecule has 0 fully saturated rings. The number of thioether (sulfide) groups is 1. The van der Waals surface area contributed by atoms with Crippen molar-refractivity contribution in [3.05, 3.63) is 65.6 Å². The summed E-state index contributed by atoms with van der Waals surface area (Å²) in [6.07, 6.45) is 0. The van der Waals surface area contributed by atoms with Crippen LogP contribution in [0.3, 0.4) is 0 Å². The van der Waals surface area contributed by atoms with Crippen molar-refractivity contribution in [2.24, 2.45) is 0 Å². The molecule has 2 heterocycles. The summed E-state index contributed by atoms with van der Waals surface area (Å²) in [5, 5.41) is 6.69. The fourth-order valence-electron chi connectivity index (χ4n) is 2.64. The topological polar surface area (TPSA) is 94.1 Å². The predicted octanol–water partition coefficient (Wildman–Crippen LogP) is 4.37. The molecule has 2 aromatic heterocycles. The molecule has 0 aliphatic carbocycles. The van der Waals surface area contributed by atoms with E-state index in [-0.39, 0.29) is 5.91 Å². The highest BCUT2D eigenvalue weighted by atomic mass is 32.2. The molecule has 0 radical (unpaired) electrons. The third kappa shape index (κ3) is 3.85. The van der Waals surface area contributed by atoms with Crippen LogP contribution in [-0.2, 0) is 5.75 Å². The molecule has 4 rings (SSSR count). The van der Waals surface area contributed by atoms with Gasteiger partial charge in [-0.25, -0.2) is 4.98 Å². The Morgan fingerprint density at radius 2 is 2.00 bits per heavy atom. The minimum Gasteiger partial charge on any atom is -0.441 e.